The van der Waals surface area contributed by atoms with Crippen LogP contribution in [-0.2, 0) is 6.42 Å². The highest BCUT2D eigenvalue weighted by molar-refractivity contribution is 5.86. The van der Waals surface area contributed by atoms with E-state index in [9.17, 15) is 0 Å². The molecule has 5 nitrogen and oxygen atoms in total. The average molecular weight is 368 g/mol. The quantitative estimate of drug-likeness (QED) is 0.562. The summed E-state index contributed by atoms with van der Waals surface area (Å²) in [6.07, 6.45) is 9.97. The number of aliphatic imine (C=N–C) groups is 1. The van der Waals surface area contributed by atoms with Gasteiger partial charge in [0.15, 0.2) is 5.96 Å². The first-order valence-corrected chi connectivity index (χ1v) is 10.5. The molecule has 2 aromatic rings. The van der Waals surface area contributed by atoms with Crippen molar-refractivity contribution in [3.8, 4) is 0 Å². The summed E-state index contributed by atoms with van der Waals surface area (Å²) < 4.78 is 0. The van der Waals surface area contributed by atoms with Crippen molar-refractivity contribution in [2.24, 2.45) is 4.99 Å². The molecule has 1 aromatic heterocycles. The molecule has 1 unspecified atom stereocenters. The minimum atomic E-state index is 0.520. The Bertz CT molecular complexity index is 787. The molecule has 2 heterocycles. The smallest absolute Gasteiger partial charge is 0.191 e. The van der Waals surface area contributed by atoms with Gasteiger partial charge in [0.2, 0.25) is 0 Å². The lowest BCUT2D eigenvalue weighted by atomic mass is 10.1. The molecule has 1 atom stereocenters. The number of fused-ring (bicyclic) bond motifs is 1. The van der Waals surface area contributed by atoms with Gasteiger partial charge in [-0.05, 0) is 49.8 Å². The van der Waals surface area contributed by atoms with Crippen molar-refractivity contribution in [1.82, 2.24) is 20.5 Å². The molecule has 0 spiro atoms. The average Bonchev–Trinajstić information content (AvgIpc) is 3.42. The van der Waals surface area contributed by atoms with Crippen LogP contribution in [0.15, 0.2) is 29.4 Å². The van der Waals surface area contributed by atoms with Gasteiger partial charge in [-0.1, -0.05) is 25.0 Å². The van der Waals surface area contributed by atoms with Gasteiger partial charge in [-0.3, -0.25) is 9.89 Å². The second-order valence-corrected chi connectivity index (χ2v) is 8.12. The molecule has 27 heavy (non-hydrogen) atoms. The third-order valence-corrected chi connectivity index (χ3v) is 6.31. The Kier molecular flexibility index (Phi) is 5.67. The zero-order valence-electron chi connectivity index (χ0n) is 16.7. The Labute approximate surface area is 162 Å². The number of rotatable bonds is 5. The van der Waals surface area contributed by atoms with Gasteiger partial charge in [-0.25, -0.2) is 0 Å². The van der Waals surface area contributed by atoms with Crippen LogP contribution < -0.4 is 10.6 Å². The molecule has 1 aromatic carbocycles. The van der Waals surface area contributed by atoms with Crippen LogP contribution in [0.3, 0.4) is 0 Å². The summed E-state index contributed by atoms with van der Waals surface area (Å²) in [6, 6.07) is 7.79. The Hall–Kier alpha value is -2.01. The number of aryl methyl sites for hydroxylation is 1. The minimum Gasteiger partial charge on any atom is -0.361 e. The number of nitrogens with one attached hydrogen (secondary N) is 3. The van der Waals surface area contributed by atoms with Crippen LogP contribution in [0.5, 0.6) is 0 Å². The highest BCUT2D eigenvalue weighted by Crippen LogP contribution is 2.26. The number of likely N-dealkylation sites (tertiary alicyclic amines) is 1. The van der Waals surface area contributed by atoms with Crippen LogP contribution in [0.1, 0.15) is 43.2 Å². The van der Waals surface area contributed by atoms with E-state index < -0.39 is 0 Å². The number of aromatic nitrogens is 1. The predicted octanol–water partition coefficient (Wildman–Crippen LogP) is 3.20. The van der Waals surface area contributed by atoms with Crippen molar-refractivity contribution in [2.75, 3.05) is 26.7 Å². The van der Waals surface area contributed by atoms with E-state index >= 15 is 0 Å². The lowest BCUT2D eigenvalue weighted by Crippen LogP contribution is -2.45. The van der Waals surface area contributed by atoms with E-state index in [0.717, 1.165) is 31.5 Å². The van der Waals surface area contributed by atoms with E-state index in [-0.39, 0.29) is 0 Å². The van der Waals surface area contributed by atoms with E-state index in [1.165, 1.54) is 60.7 Å². The first kappa shape index (κ1) is 18.4. The van der Waals surface area contributed by atoms with Crippen molar-refractivity contribution >= 4 is 16.9 Å². The summed E-state index contributed by atoms with van der Waals surface area (Å²) in [5.41, 5.74) is 3.94. The highest BCUT2D eigenvalue weighted by Gasteiger charge is 2.30. The molecule has 1 saturated heterocycles. The molecule has 146 valence electrons. The van der Waals surface area contributed by atoms with Crippen molar-refractivity contribution in [2.45, 2.75) is 57.5 Å². The van der Waals surface area contributed by atoms with Gasteiger partial charge in [0, 0.05) is 55.9 Å². The van der Waals surface area contributed by atoms with Crippen LogP contribution >= 0.6 is 0 Å². The summed E-state index contributed by atoms with van der Waals surface area (Å²) in [5.74, 6) is 0.935. The fraction of sp³-hybridized carbons (Fsp3) is 0.591. The number of aromatic amines is 1. The molecule has 4 rings (SSSR count). The molecule has 2 fully saturated rings. The van der Waals surface area contributed by atoms with Crippen LogP contribution in [-0.4, -0.2) is 54.6 Å². The van der Waals surface area contributed by atoms with Crippen molar-refractivity contribution < 1.29 is 0 Å². The third kappa shape index (κ3) is 4.13. The maximum absolute atomic E-state index is 4.44. The summed E-state index contributed by atoms with van der Waals surface area (Å²) in [6.45, 7) is 5.46. The molecule has 1 aliphatic heterocycles. The van der Waals surface area contributed by atoms with Gasteiger partial charge in [-0.15, -0.1) is 0 Å². The number of nitrogens with zero attached hydrogens (tertiary/aromatic N) is 2. The number of H-pyrrole nitrogens is 1. The molecular weight excluding hydrogens is 334 g/mol. The summed E-state index contributed by atoms with van der Waals surface area (Å²) >= 11 is 0. The van der Waals surface area contributed by atoms with E-state index in [2.05, 4.69) is 56.8 Å². The fourth-order valence-electron chi connectivity index (χ4n) is 4.86. The van der Waals surface area contributed by atoms with Crippen LogP contribution in [0, 0.1) is 6.92 Å². The van der Waals surface area contributed by atoms with E-state index in [1.54, 1.807) is 0 Å². The second-order valence-electron chi connectivity index (χ2n) is 8.12. The number of benzene rings is 1. The highest BCUT2D eigenvalue weighted by atomic mass is 15.3. The van der Waals surface area contributed by atoms with Gasteiger partial charge in [0.1, 0.15) is 0 Å². The Balaban J connectivity index is 1.27. The van der Waals surface area contributed by atoms with Gasteiger partial charge in [0.05, 0.1) is 0 Å². The first-order chi connectivity index (χ1) is 13.2. The standard InChI is InChI=1S/C22H33N5/c1-16-6-5-9-20-21(16)17(14-25-20)10-12-24-22(23-2)26-18-11-13-27(15-18)19-7-3-4-8-19/h5-6,9,14,18-19,25H,3-4,7-8,10-13,15H2,1-2H3,(H2,23,24,26). The normalized spacial score (nSPS) is 22.0. The Morgan fingerprint density at radius 3 is 2.93 bits per heavy atom. The monoisotopic (exact) mass is 367 g/mol. The first-order valence-electron chi connectivity index (χ1n) is 10.5. The molecule has 1 aliphatic carbocycles. The topological polar surface area (TPSA) is 55.5 Å². The van der Waals surface area contributed by atoms with Gasteiger partial charge < -0.3 is 15.6 Å². The van der Waals surface area contributed by atoms with E-state index in [1.807, 2.05) is 7.05 Å². The second kappa shape index (κ2) is 8.34. The molecule has 5 heteroatoms. The maximum Gasteiger partial charge on any atom is 0.191 e. The number of hydrogen-bond donors (Lipinski definition) is 3. The largest absolute Gasteiger partial charge is 0.361 e. The molecular formula is C22H33N5. The van der Waals surface area contributed by atoms with Crippen LogP contribution in [0.4, 0.5) is 0 Å². The lowest BCUT2D eigenvalue weighted by Gasteiger charge is -2.24. The van der Waals surface area contributed by atoms with Gasteiger partial charge >= 0.3 is 0 Å². The Morgan fingerprint density at radius 1 is 1.26 bits per heavy atom. The third-order valence-electron chi connectivity index (χ3n) is 6.31. The molecule has 0 bridgehead atoms. The summed E-state index contributed by atoms with van der Waals surface area (Å²) in [4.78, 5) is 10.5. The molecule has 1 saturated carbocycles. The number of hydrogen-bond acceptors (Lipinski definition) is 2. The molecule has 0 amide bonds. The maximum atomic E-state index is 4.44. The summed E-state index contributed by atoms with van der Waals surface area (Å²) in [5, 5.41) is 8.51. The summed E-state index contributed by atoms with van der Waals surface area (Å²) in [7, 11) is 1.87. The van der Waals surface area contributed by atoms with Crippen molar-refractivity contribution in [3.05, 3.63) is 35.5 Å². The molecule has 0 radical (unpaired) electrons. The predicted molar refractivity (Wildman–Crippen MR) is 113 cm³/mol. The fourth-order valence-corrected chi connectivity index (χ4v) is 4.86. The van der Waals surface area contributed by atoms with Crippen molar-refractivity contribution in [3.63, 3.8) is 0 Å². The van der Waals surface area contributed by atoms with Gasteiger partial charge in [-0.2, -0.15) is 0 Å². The zero-order valence-corrected chi connectivity index (χ0v) is 16.7. The van der Waals surface area contributed by atoms with E-state index in [4.69, 9.17) is 0 Å². The van der Waals surface area contributed by atoms with Crippen LogP contribution in [0.25, 0.3) is 10.9 Å². The van der Waals surface area contributed by atoms with Crippen molar-refractivity contribution in [1.29, 1.82) is 0 Å². The van der Waals surface area contributed by atoms with E-state index in [0.29, 0.717) is 6.04 Å². The lowest BCUT2D eigenvalue weighted by molar-refractivity contribution is 0.242. The SMILES string of the molecule is CN=C(NCCc1c[nH]c2cccc(C)c12)NC1CCN(C2CCCC2)C1. The Morgan fingerprint density at radius 2 is 2.11 bits per heavy atom. The zero-order chi connectivity index (χ0) is 18.6. The number of guanidine groups is 1. The van der Waals surface area contributed by atoms with Crippen LogP contribution in [0.2, 0.25) is 0 Å². The molecule has 2 aliphatic rings. The molecule has 3 N–H and O–H groups in total. The minimum absolute atomic E-state index is 0.520. The van der Waals surface area contributed by atoms with Gasteiger partial charge in [0.25, 0.3) is 0 Å².